The molecule has 1 saturated heterocycles. The van der Waals surface area contributed by atoms with Crippen molar-refractivity contribution in [1.29, 1.82) is 0 Å². The molecule has 1 aliphatic heterocycles. The Morgan fingerprint density at radius 2 is 2.21 bits per heavy atom. The van der Waals surface area contributed by atoms with Gasteiger partial charge in [0.2, 0.25) is 0 Å². The fourth-order valence-corrected chi connectivity index (χ4v) is 4.28. The number of benzene rings is 1. The smallest absolute Gasteiger partial charge is 0.153 e. The van der Waals surface area contributed by atoms with Crippen LogP contribution in [0, 0.1) is 0 Å². The summed E-state index contributed by atoms with van der Waals surface area (Å²) in [6.45, 7) is 3.28. The van der Waals surface area contributed by atoms with Crippen LogP contribution in [0.3, 0.4) is 0 Å². The van der Waals surface area contributed by atoms with Gasteiger partial charge in [-0.15, -0.1) is 0 Å². The molecule has 0 bridgehead atoms. The van der Waals surface area contributed by atoms with Crippen molar-refractivity contribution in [3.05, 3.63) is 28.2 Å². The zero-order valence-corrected chi connectivity index (χ0v) is 13.5. The third-order valence-corrected chi connectivity index (χ3v) is 6.00. The van der Waals surface area contributed by atoms with E-state index < -0.39 is 9.84 Å². The average Bonchev–Trinajstić information content (AvgIpc) is 2.34. The van der Waals surface area contributed by atoms with Crippen LogP contribution in [0.5, 0.6) is 5.75 Å². The summed E-state index contributed by atoms with van der Waals surface area (Å²) >= 11 is 3.53. The third-order valence-electron chi connectivity index (χ3n) is 3.43. The second kappa shape index (κ2) is 5.81. The fourth-order valence-electron chi connectivity index (χ4n) is 2.29. The Bertz CT molecular complexity index is 559. The van der Waals surface area contributed by atoms with Gasteiger partial charge in [-0.05, 0) is 30.7 Å². The molecule has 2 rings (SSSR count). The van der Waals surface area contributed by atoms with Crippen molar-refractivity contribution < 1.29 is 13.2 Å². The van der Waals surface area contributed by atoms with Crippen molar-refractivity contribution in [2.45, 2.75) is 19.5 Å². The molecule has 1 heterocycles. The first-order chi connectivity index (χ1) is 8.91. The normalized spacial score (nSPS) is 23.2. The predicted molar refractivity (Wildman–Crippen MR) is 79.2 cm³/mol. The first kappa shape index (κ1) is 14.8. The second-order valence-corrected chi connectivity index (χ2v) is 7.97. The summed E-state index contributed by atoms with van der Waals surface area (Å²) in [6.07, 6.45) is 0. The van der Waals surface area contributed by atoms with Gasteiger partial charge in [-0.2, -0.15) is 0 Å². The molecule has 0 saturated carbocycles. The summed E-state index contributed by atoms with van der Waals surface area (Å²) in [5, 5.41) is 0. The van der Waals surface area contributed by atoms with Crippen molar-refractivity contribution in [2.24, 2.45) is 0 Å². The maximum Gasteiger partial charge on any atom is 0.153 e. The molecule has 0 aliphatic carbocycles. The number of methoxy groups -OCH3 is 1. The van der Waals surface area contributed by atoms with Crippen LogP contribution in [0.4, 0.5) is 0 Å². The Hall–Kier alpha value is -0.590. The number of sulfone groups is 1. The second-order valence-electron chi connectivity index (χ2n) is 4.89. The molecule has 19 heavy (non-hydrogen) atoms. The molecule has 106 valence electrons. The molecule has 0 amide bonds. The lowest BCUT2D eigenvalue weighted by atomic mass is 10.1. The number of hydrogen-bond acceptors (Lipinski definition) is 4. The number of rotatable bonds is 3. The molecule has 1 unspecified atom stereocenters. The Morgan fingerprint density at radius 1 is 1.47 bits per heavy atom. The molecule has 4 nitrogen and oxygen atoms in total. The van der Waals surface area contributed by atoms with E-state index in [2.05, 4.69) is 20.8 Å². The van der Waals surface area contributed by atoms with Gasteiger partial charge in [0.15, 0.2) is 9.84 Å². The summed E-state index contributed by atoms with van der Waals surface area (Å²) < 4.78 is 29.4. The minimum atomic E-state index is -2.86. The summed E-state index contributed by atoms with van der Waals surface area (Å²) in [5.41, 5.74) is 1.12. The van der Waals surface area contributed by atoms with E-state index in [4.69, 9.17) is 4.74 Å². The first-order valence-electron chi connectivity index (χ1n) is 6.18. The topological polar surface area (TPSA) is 46.6 Å². The van der Waals surface area contributed by atoms with Gasteiger partial charge in [0.25, 0.3) is 0 Å². The number of hydrogen-bond donors (Lipinski definition) is 0. The molecule has 1 aromatic carbocycles. The van der Waals surface area contributed by atoms with E-state index in [0.29, 0.717) is 6.54 Å². The van der Waals surface area contributed by atoms with Crippen LogP contribution >= 0.6 is 15.9 Å². The molecular weight excluding hydrogens is 330 g/mol. The molecule has 0 N–H and O–H groups in total. The van der Waals surface area contributed by atoms with E-state index in [0.717, 1.165) is 22.3 Å². The number of halogens is 1. The third kappa shape index (κ3) is 3.70. The quantitative estimate of drug-likeness (QED) is 0.839. The Morgan fingerprint density at radius 3 is 2.84 bits per heavy atom. The molecule has 1 aromatic rings. The molecule has 1 fully saturated rings. The summed E-state index contributed by atoms with van der Waals surface area (Å²) in [4.78, 5) is 2.20. The zero-order valence-electron chi connectivity index (χ0n) is 11.1. The highest BCUT2D eigenvalue weighted by Gasteiger charge is 2.28. The van der Waals surface area contributed by atoms with Crippen LogP contribution < -0.4 is 4.74 Å². The minimum Gasteiger partial charge on any atom is -0.497 e. The van der Waals surface area contributed by atoms with E-state index in [9.17, 15) is 8.42 Å². The number of nitrogens with zero attached hydrogens (tertiary/aromatic N) is 1. The lowest BCUT2D eigenvalue weighted by molar-refractivity contribution is 0.217. The van der Waals surface area contributed by atoms with E-state index in [1.807, 2.05) is 25.1 Å². The van der Waals surface area contributed by atoms with Crippen molar-refractivity contribution in [3.8, 4) is 5.75 Å². The zero-order chi connectivity index (χ0) is 14.0. The SMILES string of the molecule is COc1ccc(Br)c(CN2CCS(=O)(=O)CC2C)c1. The van der Waals surface area contributed by atoms with Crippen LogP contribution in [0.25, 0.3) is 0 Å². The van der Waals surface area contributed by atoms with Gasteiger partial charge in [-0.1, -0.05) is 15.9 Å². The van der Waals surface area contributed by atoms with Gasteiger partial charge in [0, 0.05) is 23.6 Å². The summed E-state index contributed by atoms with van der Waals surface area (Å²) in [7, 11) is -1.22. The number of ether oxygens (including phenoxy) is 1. The van der Waals surface area contributed by atoms with Crippen LogP contribution in [0.15, 0.2) is 22.7 Å². The van der Waals surface area contributed by atoms with Gasteiger partial charge in [0.1, 0.15) is 5.75 Å². The van der Waals surface area contributed by atoms with E-state index in [1.165, 1.54) is 0 Å². The van der Waals surface area contributed by atoms with Crippen molar-refractivity contribution in [1.82, 2.24) is 4.90 Å². The van der Waals surface area contributed by atoms with Gasteiger partial charge in [-0.3, -0.25) is 4.90 Å². The molecule has 0 radical (unpaired) electrons. The highest BCUT2D eigenvalue weighted by molar-refractivity contribution is 9.10. The molecule has 6 heteroatoms. The fraction of sp³-hybridized carbons (Fsp3) is 0.538. The summed E-state index contributed by atoms with van der Waals surface area (Å²) in [6, 6.07) is 5.90. The molecule has 1 aliphatic rings. The van der Waals surface area contributed by atoms with Gasteiger partial charge < -0.3 is 4.74 Å². The molecule has 0 aromatic heterocycles. The van der Waals surface area contributed by atoms with Gasteiger partial charge in [0.05, 0.1) is 18.6 Å². The van der Waals surface area contributed by atoms with Crippen molar-refractivity contribution in [2.75, 3.05) is 25.2 Å². The minimum absolute atomic E-state index is 0.0526. The summed E-state index contributed by atoms with van der Waals surface area (Å²) in [5.74, 6) is 1.31. The lowest BCUT2D eigenvalue weighted by Crippen LogP contribution is -2.46. The van der Waals surface area contributed by atoms with Gasteiger partial charge >= 0.3 is 0 Å². The maximum atomic E-state index is 11.6. The van der Waals surface area contributed by atoms with Crippen LogP contribution in [0.2, 0.25) is 0 Å². The Kier molecular flexibility index (Phi) is 4.53. The van der Waals surface area contributed by atoms with Crippen molar-refractivity contribution >= 4 is 25.8 Å². The van der Waals surface area contributed by atoms with E-state index in [1.54, 1.807) is 7.11 Å². The average molecular weight is 348 g/mol. The maximum absolute atomic E-state index is 11.6. The largest absolute Gasteiger partial charge is 0.497 e. The molecular formula is C13H18BrNO3S. The standard InChI is InChI=1S/C13H18BrNO3S/c1-10-9-19(16,17)6-5-15(10)8-11-7-12(18-2)3-4-13(11)14/h3-4,7,10H,5-6,8-9H2,1-2H3. The molecule has 1 atom stereocenters. The monoisotopic (exact) mass is 347 g/mol. The highest BCUT2D eigenvalue weighted by atomic mass is 79.9. The first-order valence-corrected chi connectivity index (χ1v) is 8.79. The van der Waals surface area contributed by atoms with E-state index >= 15 is 0 Å². The van der Waals surface area contributed by atoms with Crippen LogP contribution in [-0.4, -0.2) is 44.5 Å². The van der Waals surface area contributed by atoms with Crippen LogP contribution in [-0.2, 0) is 16.4 Å². The predicted octanol–water partition coefficient (Wildman–Crippen LogP) is 2.08. The Balaban J connectivity index is 2.13. The molecule has 0 spiro atoms. The Labute approximate surface area is 122 Å². The van der Waals surface area contributed by atoms with Gasteiger partial charge in [-0.25, -0.2) is 8.42 Å². The van der Waals surface area contributed by atoms with Crippen LogP contribution in [0.1, 0.15) is 12.5 Å². The highest BCUT2D eigenvalue weighted by Crippen LogP contribution is 2.25. The van der Waals surface area contributed by atoms with Crippen molar-refractivity contribution in [3.63, 3.8) is 0 Å². The lowest BCUT2D eigenvalue weighted by Gasteiger charge is -2.33. The van der Waals surface area contributed by atoms with E-state index in [-0.39, 0.29) is 17.5 Å².